The molecule has 296 valence electrons. The Hall–Kier alpha value is -4.89. The van der Waals surface area contributed by atoms with Crippen molar-refractivity contribution < 1.29 is 33.1 Å². The normalized spacial score (nSPS) is 19.8. The summed E-state index contributed by atoms with van der Waals surface area (Å²) in [5.74, 6) is -0.906. The predicted octanol–water partition coefficient (Wildman–Crippen LogP) is 3.21. The van der Waals surface area contributed by atoms with Crippen molar-refractivity contribution in [2.75, 3.05) is 77.4 Å². The number of nitrogens with zero attached hydrogens (tertiary/aromatic N) is 6. The maximum Gasteiger partial charge on any atom is 0.419 e. The molecule has 1 aromatic heterocycles. The van der Waals surface area contributed by atoms with Gasteiger partial charge in [-0.3, -0.25) is 24.0 Å². The number of hydrogen-bond donors (Lipinski definition) is 1. The number of para-hydroxylation sites is 1. The molecule has 0 aliphatic carbocycles. The first-order chi connectivity index (χ1) is 26.6. The van der Waals surface area contributed by atoms with E-state index >= 15 is 0 Å². The summed E-state index contributed by atoms with van der Waals surface area (Å²) in [5.41, 5.74) is 4.60. The molecule has 15 heteroatoms. The molecular formula is C40H53N7O8. The third kappa shape index (κ3) is 8.67. The highest BCUT2D eigenvalue weighted by Gasteiger charge is 2.37. The number of piperidine rings is 2. The van der Waals surface area contributed by atoms with Crippen molar-refractivity contribution in [2.24, 2.45) is 7.05 Å². The second kappa shape index (κ2) is 16.9. The lowest BCUT2D eigenvalue weighted by molar-refractivity contribution is -0.145. The third-order valence-electron chi connectivity index (χ3n) is 11.7. The number of likely N-dealkylation sites (tertiary alicyclic amines) is 2. The third-order valence-corrected chi connectivity index (χ3v) is 11.7. The first-order valence-electron chi connectivity index (χ1n) is 19.7. The molecule has 3 fully saturated rings. The highest BCUT2D eigenvalue weighted by atomic mass is 16.6. The molecule has 5 heterocycles. The van der Waals surface area contributed by atoms with Crippen molar-refractivity contribution in [3.8, 4) is 0 Å². The minimum Gasteiger partial charge on any atom is -0.465 e. The average molecular weight is 760 g/mol. The van der Waals surface area contributed by atoms with Crippen molar-refractivity contribution in [3.63, 3.8) is 0 Å². The van der Waals surface area contributed by atoms with Crippen LogP contribution in [0.2, 0.25) is 0 Å². The van der Waals surface area contributed by atoms with Gasteiger partial charge in [0.1, 0.15) is 0 Å². The second-order valence-corrected chi connectivity index (χ2v) is 15.2. The Balaban J connectivity index is 0.985. The number of nitrogens with one attached hydrogen (secondary N) is 1. The lowest BCUT2D eigenvalue weighted by Gasteiger charge is -2.43. The number of urea groups is 1. The molecule has 0 bridgehead atoms. The standard InChI is InChI=1S/C40H53N7O8/c1-4-53-35(48)26-43-19-21-44(22-20-43)30-10-14-45(15-11-30)37(49)34(25-28-23-27(2)36-33(24-28)54-39(51)42(36)3)55-40(52)46-16-12-31(13-17-46)47-18-9-29-7-5-6-8-32(29)41-38(47)50/h5-8,23-24,30-31,34H,4,9-22,25-26H2,1-3H3,(H,41,50)/t34-/m1/s1. The van der Waals surface area contributed by atoms with Crippen molar-refractivity contribution in [1.82, 2.24) is 29.1 Å². The fourth-order valence-electron chi connectivity index (χ4n) is 8.72. The molecule has 0 unspecified atom stereocenters. The summed E-state index contributed by atoms with van der Waals surface area (Å²) < 4.78 is 18.2. The molecule has 4 aliphatic rings. The van der Waals surface area contributed by atoms with E-state index in [0.717, 1.165) is 67.8 Å². The average Bonchev–Trinajstić information content (AvgIpc) is 3.36. The van der Waals surface area contributed by atoms with E-state index in [2.05, 4.69) is 15.1 Å². The van der Waals surface area contributed by atoms with Crippen LogP contribution in [0.1, 0.15) is 49.3 Å². The number of piperazine rings is 1. The Kier molecular flexibility index (Phi) is 11.8. The summed E-state index contributed by atoms with van der Waals surface area (Å²) >= 11 is 0. The quantitative estimate of drug-likeness (QED) is 0.323. The number of amides is 4. The largest absolute Gasteiger partial charge is 0.465 e. The smallest absolute Gasteiger partial charge is 0.419 e. The number of oxazole rings is 1. The molecule has 4 aliphatic heterocycles. The van der Waals surface area contributed by atoms with E-state index in [1.165, 1.54) is 4.57 Å². The molecule has 0 spiro atoms. The summed E-state index contributed by atoms with van der Waals surface area (Å²) in [5, 5.41) is 3.04. The predicted molar refractivity (Wildman–Crippen MR) is 205 cm³/mol. The zero-order valence-corrected chi connectivity index (χ0v) is 32.2. The molecule has 7 rings (SSSR count). The Morgan fingerprint density at radius 2 is 1.58 bits per heavy atom. The van der Waals surface area contributed by atoms with Crippen LogP contribution in [0.4, 0.5) is 15.3 Å². The van der Waals surface area contributed by atoms with Gasteiger partial charge in [-0.1, -0.05) is 24.3 Å². The summed E-state index contributed by atoms with van der Waals surface area (Å²) in [6.45, 7) is 10.2. The van der Waals surface area contributed by atoms with Crippen molar-refractivity contribution in [3.05, 3.63) is 63.6 Å². The molecule has 0 radical (unpaired) electrons. The zero-order valence-electron chi connectivity index (χ0n) is 32.2. The van der Waals surface area contributed by atoms with Gasteiger partial charge in [0.05, 0.1) is 18.7 Å². The SMILES string of the molecule is CCOC(=O)CN1CCN(C2CCN(C(=O)[C@@H](Cc3cc(C)c4c(c3)oc(=O)n4C)OC(=O)N3CCC(N4CCc5ccccc5NC4=O)CC3)CC2)CC1. The van der Waals surface area contributed by atoms with Gasteiger partial charge in [0.2, 0.25) is 0 Å². The van der Waals surface area contributed by atoms with Crippen LogP contribution in [0.15, 0.2) is 45.6 Å². The van der Waals surface area contributed by atoms with Crippen LogP contribution in [-0.4, -0.2) is 143 Å². The maximum atomic E-state index is 14.3. The number of anilines is 1. The number of fused-ring (bicyclic) bond motifs is 2. The Morgan fingerprint density at radius 3 is 2.31 bits per heavy atom. The van der Waals surface area contributed by atoms with Gasteiger partial charge in [-0.15, -0.1) is 0 Å². The van der Waals surface area contributed by atoms with E-state index in [0.29, 0.717) is 75.9 Å². The molecular weight excluding hydrogens is 706 g/mol. The van der Waals surface area contributed by atoms with E-state index in [-0.39, 0.29) is 30.4 Å². The Morgan fingerprint density at radius 1 is 0.891 bits per heavy atom. The lowest BCUT2D eigenvalue weighted by atomic mass is 9.99. The molecule has 2 aromatic carbocycles. The van der Waals surface area contributed by atoms with Crippen LogP contribution >= 0.6 is 0 Å². The van der Waals surface area contributed by atoms with Gasteiger partial charge in [0.15, 0.2) is 11.7 Å². The number of hydrogen-bond acceptors (Lipinski definition) is 10. The molecule has 1 atom stereocenters. The van der Waals surface area contributed by atoms with Crippen LogP contribution in [0.25, 0.3) is 11.1 Å². The summed E-state index contributed by atoms with van der Waals surface area (Å²) in [4.78, 5) is 75.4. The van der Waals surface area contributed by atoms with Gasteiger partial charge in [-0.2, -0.15) is 0 Å². The molecule has 15 nitrogen and oxygen atoms in total. The minimum absolute atomic E-state index is 0.0205. The van der Waals surface area contributed by atoms with Crippen molar-refractivity contribution >= 4 is 40.8 Å². The first-order valence-corrected chi connectivity index (χ1v) is 19.7. The number of ether oxygens (including phenoxy) is 2. The van der Waals surface area contributed by atoms with Gasteiger partial charge in [-0.05, 0) is 74.8 Å². The number of benzene rings is 2. The minimum atomic E-state index is -1.07. The van der Waals surface area contributed by atoms with Crippen LogP contribution in [-0.2, 0) is 39.0 Å². The molecule has 0 saturated carbocycles. The van der Waals surface area contributed by atoms with E-state index in [1.807, 2.05) is 54.0 Å². The fraction of sp³-hybridized carbons (Fsp3) is 0.575. The van der Waals surface area contributed by atoms with Crippen molar-refractivity contribution in [2.45, 2.75) is 70.6 Å². The van der Waals surface area contributed by atoms with Crippen LogP contribution in [0, 0.1) is 6.92 Å². The van der Waals surface area contributed by atoms with Gasteiger partial charge in [-0.25, -0.2) is 14.4 Å². The lowest BCUT2D eigenvalue weighted by Crippen LogP contribution is -2.55. The number of esters is 1. The number of aromatic nitrogens is 1. The van der Waals surface area contributed by atoms with Crippen LogP contribution < -0.4 is 11.1 Å². The number of aryl methyl sites for hydroxylation is 2. The maximum absolute atomic E-state index is 14.3. The van der Waals surface area contributed by atoms with Crippen LogP contribution in [0.3, 0.4) is 0 Å². The molecule has 3 saturated heterocycles. The highest BCUT2D eigenvalue weighted by Crippen LogP contribution is 2.27. The number of carbonyl (C=O) groups excluding carboxylic acids is 4. The van der Waals surface area contributed by atoms with Crippen molar-refractivity contribution in [1.29, 1.82) is 0 Å². The second-order valence-electron chi connectivity index (χ2n) is 15.2. The monoisotopic (exact) mass is 759 g/mol. The van der Waals surface area contributed by atoms with E-state index in [1.54, 1.807) is 18.0 Å². The van der Waals surface area contributed by atoms with Gasteiger partial charge >= 0.3 is 23.8 Å². The van der Waals surface area contributed by atoms with E-state index in [4.69, 9.17) is 13.9 Å². The van der Waals surface area contributed by atoms with Gasteiger partial charge < -0.3 is 33.9 Å². The number of rotatable bonds is 9. The van der Waals surface area contributed by atoms with Crippen LogP contribution in [0.5, 0.6) is 0 Å². The molecule has 55 heavy (non-hydrogen) atoms. The fourth-order valence-corrected chi connectivity index (χ4v) is 8.72. The highest BCUT2D eigenvalue weighted by molar-refractivity contribution is 5.91. The summed E-state index contributed by atoms with van der Waals surface area (Å²) in [6, 6.07) is 11.7. The summed E-state index contributed by atoms with van der Waals surface area (Å²) in [6.07, 6.45) is 2.06. The molecule has 3 aromatic rings. The number of carbonyl (C=O) groups is 4. The van der Waals surface area contributed by atoms with E-state index < -0.39 is 18.0 Å². The zero-order chi connectivity index (χ0) is 38.6. The summed E-state index contributed by atoms with van der Waals surface area (Å²) in [7, 11) is 1.66. The molecule has 1 N–H and O–H groups in total. The Bertz CT molecular complexity index is 1940. The topological polar surface area (TPSA) is 150 Å². The molecule has 4 amide bonds. The van der Waals surface area contributed by atoms with Gasteiger partial charge in [0, 0.05) is 90.1 Å². The van der Waals surface area contributed by atoms with Gasteiger partial charge in [0.25, 0.3) is 5.91 Å². The first kappa shape index (κ1) is 38.4. The Labute approximate surface area is 321 Å². The van der Waals surface area contributed by atoms with E-state index in [9.17, 15) is 24.0 Å².